The summed E-state index contributed by atoms with van der Waals surface area (Å²) < 4.78 is 5.75. The predicted molar refractivity (Wildman–Crippen MR) is 75.4 cm³/mol. The van der Waals surface area contributed by atoms with Crippen molar-refractivity contribution in [2.75, 3.05) is 0 Å². The van der Waals surface area contributed by atoms with Crippen LogP contribution < -0.4 is 0 Å². The first-order valence-corrected chi connectivity index (χ1v) is 6.44. The lowest BCUT2D eigenvalue weighted by Gasteiger charge is -2.08. The minimum absolute atomic E-state index is 0.369. The van der Waals surface area contributed by atoms with Crippen molar-refractivity contribution >= 4 is 34.2 Å². The van der Waals surface area contributed by atoms with Crippen LogP contribution in [0.1, 0.15) is 16.7 Å². The quantitative estimate of drug-likeness (QED) is 0.570. The molecule has 90 valence electrons. The number of hydrogen-bond donors (Lipinski definition) is 0. The van der Waals surface area contributed by atoms with E-state index in [4.69, 9.17) is 27.6 Å². The molecular weight excluding hydrogens is 267 g/mol. The average Bonchev–Trinajstić information content (AvgIpc) is 2.82. The first-order chi connectivity index (χ1) is 8.75. The molecular formula is C15H10Cl2O. The molecule has 1 atom stereocenters. The monoisotopic (exact) mass is 276 g/mol. The largest absolute Gasteiger partial charge is 0.459 e. The number of benzene rings is 2. The molecule has 1 unspecified atom stereocenters. The number of fused-ring (bicyclic) bond motifs is 1. The molecule has 0 saturated heterocycles. The van der Waals surface area contributed by atoms with Crippen molar-refractivity contribution in [3.8, 4) is 0 Å². The summed E-state index contributed by atoms with van der Waals surface area (Å²) in [7, 11) is 0. The molecule has 0 N–H and O–H groups in total. The highest BCUT2D eigenvalue weighted by Crippen LogP contribution is 2.36. The van der Waals surface area contributed by atoms with Crippen LogP contribution in [0, 0.1) is 0 Å². The second-order valence-electron chi connectivity index (χ2n) is 4.07. The van der Waals surface area contributed by atoms with Crippen LogP contribution in [0.15, 0.2) is 59.0 Å². The molecule has 0 saturated carbocycles. The lowest BCUT2D eigenvalue weighted by molar-refractivity contribution is 0.557. The van der Waals surface area contributed by atoms with E-state index in [9.17, 15) is 0 Å². The molecule has 1 heterocycles. The Morgan fingerprint density at radius 2 is 1.67 bits per heavy atom. The van der Waals surface area contributed by atoms with Gasteiger partial charge in [0.1, 0.15) is 16.7 Å². The summed E-state index contributed by atoms with van der Waals surface area (Å²) in [5.41, 5.74) is 1.70. The number of halogens is 2. The van der Waals surface area contributed by atoms with Gasteiger partial charge in [-0.1, -0.05) is 48.0 Å². The van der Waals surface area contributed by atoms with E-state index in [0.29, 0.717) is 10.8 Å². The minimum Gasteiger partial charge on any atom is -0.459 e. The fourth-order valence-electron chi connectivity index (χ4n) is 1.96. The number of alkyl halides is 1. The second-order valence-corrected chi connectivity index (χ2v) is 4.91. The Balaban J connectivity index is 2.07. The van der Waals surface area contributed by atoms with E-state index in [1.165, 1.54) is 0 Å². The van der Waals surface area contributed by atoms with Crippen LogP contribution in [0.4, 0.5) is 0 Å². The molecule has 0 aliphatic carbocycles. The molecule has 1 nitrogen and oxygen atoms in total. The van der Waals surface area contributed by atoms with Crippen LogP contribution in [0.2, 0.25) is 5.02 Å². The highest BCUT2D eigenvalue weighted by Gasteiger charge is 2.17. The molecule has 2 aromatic carbocycles. The first-order valence-electron chi connectivity index (χ1n) is 5.62. The lowest BCUT2D eigenvalue weighted by Crippen LogP contribution is -1.91. The van der Waals surface area contributed by atoms with Gasteiger partial charge in [0.2, 0.25) is 0 Å². The summed E-state index contributed by atoms with van der Waals surface area (Å²) in [5.74, 6) is 0.714. The van der Waals surface area contributed by atoms with Gasteiger partial charge in [0.15, 0.2) is 0 Å². The summed E-state index contributed by atoms with van der Waals surface area (Å²) in [4.78, 5) is 0. The Hall–Kier alpha value is -1.44. The maximum absolute atomic E-state index is 6.43. The third-order valence-electron chi connectivity index (χ3n) is 2.87. The number of para-hydroxylation sites is 1. The zero-order chi connectivity index (χ0) is 12.5. The van der Waals surface area contributed by atoms with Crippen LogP contribution in [0.3, 0.4) is 0 Å². The van der Waals surface area contributed by atoms with Crippen molar-refractivity contribution in [2.45, 2.75) is 5.38 Å². The van der Waals surface area contributed by atoms with Gasteiger partial charge < -0.3 is 4.42 Å². The van der Waals surface area contributed by atoms with Gasteiger partial charge in [-0.15, -0.1) is 11.6 Å². The summed E-state index contributed by atoms with van der Waals surface area (Å²) in [6.07, 6.45) is 0. The standard InChI is InChI=1S/C15H10Cl2O/c16-12-7-3-2-6-11(12)15(17)14-9-10-5-1-4-8-13(10)18-14/h1-9,15H. The lowest BCUT2D eigenvalue weighted by atomic mass is 10.1. The summed E-state index contributed by atoms with van der Waals surface area (Å²) >= 11 is 12.6. The molecule has 3 aromatic rings. The summed E-state index contributed by atoms with van der Waals surface area (Å²) in [5, 5.41) is 1.33. The van der Waals surface area contributed by atoms with Gasteiger partial charge in [-0.25, -0.2) is 0 Å². The molecule has 0 aliphatic rings. The van der Waals surface area contributed by atoms with E-state index in [2.05, 4.69) is 0 Å². The van der Waals surface area contributed by atoms with E-state index in [-0.39, 0.29) is 5.38 Å². The van der Waals surface area contributed by atoms with Crippen molar-refractivity contribution in [2.24, 2.45) is 0 Å². The van der Waals surface area contributed by atoms with E-state index < -0.39 is 0 Å². The molecule has 3 heteroatoms. The molecule has 0 spiro atoms. The third-order valence-corrected chi connectivity index (χ3v) is 3.67. The van der Waals surface area contributed by atoms with Gasteiger partial charge in [-0.3, -0.25) is 0 Å². The zero-order valence-electron chi connectivity index (χ0n) is 9.44. The minimum atomic E-state index is -0.369. The smallest absolute Gasteiger partial charge is 0.134 e. The van der Waals surface area contributed by atoms with Crippen molar-refractivity contribution in [1.29, 1.82) is 0 Å². The molecule has 1 aromatic heterocycles. The summed E-state index contributed by atoms with van der Waals surface area (Å²) in [6.45, 7) is 0. The number of hydrogen-bond acceptors (Lipinski definition) is 1. The van der Waals surface area contributed by atoms with Crippen LogP contribution in [0.5, 0.6) is 0 Å². The van der Waals surface area contributed by atoms with Crippen LogP contribution >= 0.6 is 23.2 Å². The van der Waals surface area contributed by atoms with Gasteiger partial charge in [0.25, 0.3) is 0 Å². The van der Waals surface area contributed by atoms with Gasteiger partial charge in [-0.05, 0) is 23.8 Å². The van der Waals surface area contributed by atoms with E-state index in [1.54, 1.807) is 0 Å². The average molecular weight is 277 g/mol. The molecule has 18 heavy (non-hydrogen) atoms. The van der Waals surface area contributed by atoms with E-state index >= 15 is 0 Å². The third kappa shape index (κ3) is 2.00. The van der Waals surface area contributed by atoms with Gasteiger partial charge >= 0.3 is 0 Å². The molecule has 3 rings (SSSR count). The first kappa shape index (κ1) is 11.6. The molecule has 0 radical (unpaired) electrons. The van der Waals surface area contributed by atoms with Gasteiger partial charge in [0.05, 0.1) is 0 Å². The topological polar surface area (TPSA) is 13.1 Å². The SMILES string of the molecule is Clc1ccccc1C(Cl)c1cc2ccccc2o1. The normalized spacial score (nSPS) is 12.8. The Labute approximate surface area is 115 Å². The van der Waals surface area contributed by atoms with Crippen molar-refractivity contribution in [3.63, 3.8) is 0 Å². The maximum atomic E-state index is 6.43. The fourth-order valence-corrected chi connectivity index (χ4v) is 2.56. The number of rotatable bonds is 2. The Morgan fingerprint density at radius 1 is 0.944 bits per heavy atom. The van der Waals surface area contributed by atoms with Crippen LogP contribution in [-0.4, -0.2) is 0 Å². The highest BCUT2D eigenvalue weighted by molar-refractivity contribution is 6.33. The molecule has 0 aliphatic heterocycles. The Bertz CT molecular complexity index is 655. The van der Waals surface area contributed by atoms with E-state index in [0.717, 1.165) is 16.5 Å². The van der Waals surface area contributed by atoms with Gasteiger partial charge in [0, 0.05) is 10.4 Å². The van der Waals surface area contributed by atoms with Crippen LogP contribution in [-0.2, 0) is 0 Å². The molecule has 0 bridgehead atoms. The van der Waals surface area contributed by atoms with E-state index in [1.807, 2.05) is 54.6 Å². The Kier molecular flexibility index (Phi) is 3.02. The van der Waals surface area contributed by atoms with Crippen molar-refractivity contribution in [1.82, 2.24) is 0 Å². The zero-order valence-corrected chi connectivity index (χ0v) is 10.9. The molecule has 0 fully saturated rings. The van der Waals surface area contributed by atoms with Gasteiger partial charge in [-0.2, -0.15) is 0 Å². The fraction of sp³-hybridized carbons (Fsp3) is 0.0667. The van der Waals surface area contributed by atoms with Crippen molar-refractivity contribution < 1.29 is 4.42 Å². The highest BCUT2D eigenvalue weighted by atomic mass is 35.5. The van der Waals surface area contributed by atoms with Crippen molar-refractivity contribution in [3.05, 3.63) is 70.9 Å². The number of furan rings is 1. The predicted octanol–water partition coefficient (Wildman–Crippen LogP) is 5.41. The maximum Gasteiger partial charge on any atom is 0.134 e. The summed E-state index contributed by atoms with van der Waals surface area (Å²) in [6, 6.07) is 17.3. The van der Waals surface area contributed by atoms with Crippen LogP contribution in [0.25, 0.3) is 11.0 Å². The second kappa shape index (κ2) is 4.68. The Morgan fingerprint density at radius 3 is 2.44 bits per heavy atom. The molecule has 0 amide bonds.